The van der Waals surface area contributed by atoms with Gasteiger partial charge in [0.2, 0.25) is 5.69 Å². The first-order chi connectivity index (χ1) is 14.5. The molecule has 7 rings (SSSR count). The zero-order valence-electron chi connectivity index (χ0n) is 18.5. The molecule has 2 nitrogen and oxygen atoms in total. The highest BCUT2D eigenvalue weighted by atomic mass is 14.9. The molecule has 2 aromatic heterocycles. The third-order valence-corrected chi connectivity index (χ3v) is 7.62. The number of hydrogen-bond acceptors (Lipinski definition) is 1. The molecule has 3 aromatic rings. The number of hydrogen-bond donors (Lipinski definition) is 0. The third-order valence-electron chi connectivity index (χ3n) is 7.62. The predicted octanol–water partition coefficient (Wildman–Crippen LogP) is 5.67. The van der Waals surface area contributed by atoms with Crippen molar-refractivity contribution in [3.63, 3.8) is 0 Å². The van der Waals surface area contributed by atoms with Crippen LogP contribution >= 0.6 is 0 Å². The quantitative estimate of drug-likeness (QED) is 0.358. The maximum atomic E-state index is 9.30. The van der Waals surface area contributed by atoms with Crippen molar-refractivity contribution in [2.24, 2.45) is 13.0 Å². The Balaban J connectivity index is 1.64. The number of benzene rings is 1. The van der Waals surface area contributed by atoms with E-state index in [1.807, 2.05) is 6.20 Å². The van der Waals surface area contributed by atoms with E-state index < -0.39 is 5.89 Å². The van der Waals surface area contributed by atoms with Gasteiger partial charge >= 0.3 is 0 Å². The number of aryl methyl sites for hydroxylation is 3. The Morgan fingerprint density at radius 3 is 2.69 bits per heavy atom. The van der Waals surface area contributed by atoms with E-state index in [4.69, 9.17) is 4.98 Å². The van der Waals surface area contributed by atoms with Crippen LogP contribution in [0.5, 0.6) is 0 Å². The highest BCUT2D eigenvalue weighted by Crippen LogP contribution is 2.45. The van der Waals surface area contributed by atoms with Gasteiger partial charge in [-0.15, -0.1) is 0 Å². The van der Waals surface area contributed by atoms with Crippen LogP contribution in [-0.4, -0.2) is 4.98 Å². The van der Waals surface area contributed by atoms with Gasteiger partial charge in [-0.2, -0.15) is 0 Å². The molecular weight excluding hydrogens is 352 g/mol. The monoisotopic (exact) mass is 382 g/mol. The molecule has 1 saturated carbocycles. The second-order valence-electron chi connectivity index (χ2n) is 9.24. The van der Waals surface area contributed by atoms with E-state index in [2.05, 4.69) is 55.1 Å². The topological polar surface area (TPSA) is 16.8 Å². The molecule has 1 aromatic carbocycles. The average Bonchev–Trinajstić information content (AvgIpc) is 3.13. The maximum Gasteiger partial charge on any atom is 0.213 e. The van der Waals surface area contributed by atoms with E-state index in [9.17, 15) is 1.37 Å². The van der Waals surface area contributed by atoms with E-state index in [-0.39, 0.29) is 0 Å². The fourth-order valence-electron chi connectivity index (χ4n) is 5.92. The Morgan fingerprint density at radius 2 is 1.83 bits per heavy atom. The van der Waals surface area contributed by atoms with Crippen molar-refractivity contribution in [3.05, 3.63) is 70.7 Å². The summed E-state index contributed by atoms with van der Waals surface area (Å²) in [6.45, 7) is 2.23. The first-order valence-corrected chi connectivity index (χ1v) is 11.1. The molecule has 146 valence electrons. The molecule has 0 unspecified atom stereocenters. The Morgan fingerprint density at radius 1 is 1.00 bits per heavy atom. The Kier molecular flexibility index (Phi) is 3.67. The van der Waals surface area contributed by atoms with Gasteiger partial charge < -0.3 is 0 Å². The van der Waals surface area contributed by atoms with Crippen molar-refractivity contribution in [1.82, 2.24) is 4.98 Å². The van der Waals surface area contributed by atoms with Crippen molar-refractivity contribution in [2.45, 2.75) is 57.8 Å². The van der Waals surface area contributed by atoms with Gasteiger partial charge in [0.25, 0.3) is 0 Å². The fourth-order valence-corrected chi connectivity index (χ4v) is 5.92. The molecule has 0 radical (unpaired) electrons. The van der Waals surface area contributed by atoms with Crippen LogP contribution < -0.4 is 4.57 Å². The van der Waals surface area contributed by atoms with Gasteiger partial charge in [0, 0.05) is 31.8 Å². The van der Waals surface area contributed by atoms with Crippen LogP contribution in [0.25, 0.3) is 22.4 Å². The number of aromatic nitrogens is 2. The van der Waals surface area contributed by atoms with E-state index in [0.29, 0.717) is 0 Å². The van der Waals surface area contributed by atoms with Gasteiger partial charge in [0.15, 0.2) is 6.20 Å². The molecule has 4 aliphatic rings. The minimum absolute atomic E-state index is 0.448. The lowest BCUT2D eigenvalue weighted by Gasteiger charge is -2.29. The Bertz CT molecular complexity index is 1170. The molecular formula is C27H29N2+. The SMILES string of the molecule is [2H]C12CCC(CCc3nccc4c3Cc3c-4ccc(C)c3-c3cc1cc[n+]3C)CC2. The summed E-state index contributed by atoms with van der Waals surface area (Å²) in [6.07, 6.45) is 11.7. The summed E-state index contributed by atoms with van der Waals surface area (Å²) in [7, 11) is 2.14. The zero-order chi connectivity index (χ0) is 20.5. The molecule has 6 bridgehead atoms. The second kappa shape index (κ2) is 6.52. The van der Waals surface area contributed by atoms with Gasteiger partial charge in [0.05, 0.1) is 5.56 Å². The van der Waals surface area contributed by atoms with E-state index in [1.54, 1.807) is 0 Å². The Hall–Kier alpha value is -2.48. The minimum atomic E-state index is -0.448. The minimum Gasteiger partial charge on any atom is -0.261 e. The molecule has 0 aliphatic heterocycles. The maximum absolute atomic E-state index is 9.30. The van der Waals surface area contributed by atoms with E-state index >= 15 is 0 Å². The highest BCUT2D eigenvalue weighted by Gasteiger charge is 2.31. The normalized spacial score (nSPS) is 24.9. The number of rotatable bonds is 0. The molecule has 4 aliphatic carbocycles. The van der Waals surface area contributed by atoms with Crippen molar-refractivity contribution in [2.75, 3.05) is 0 Å². The molecule has 0 saturated heterocycles. The second-order valence-corrected chi connectivity index (χ2v) is 9.24. The summed E-state index contributed by atoms with van der Waals surface area (Å²) in [5.74, 6) is 0.279. The van der Waals surface area contributed by atoms with Gasteiger partial charge in [0.1, 0.15) is 7.05 Å². The fraction of sp³-hybridized carbons (Fsp3) is 0.407. The first kappa shape index (κ1) is 16.3. The summed E-state index contributed by atoms with van der Waals surface area (Å²) >= 11 is 0. The predicted molar refractivity (Wildman–Crippen MR) is 117 cm³/mol. The molecule has 1 fully saturated rings. The van der Waals surface area contributed by atoms with Crippen LogP contribution in [0.2, 0.25) is 0 Å². The van der Waals surface area contributed by atoms with Gasteiger partial charge in [-0.05, 0) is 96.7 Å². The smallest absolute Gasteiger partial charge is 0.213 e. The zero-order valence-corrected chi connectivity index (χ0v) is 17.5. The summed E-state index contributed by atoms with van der Waals surface area (Å²) < 4.78 is 11.5. The van der Waals surface area contributed by atoms with Crippen LogP contribution in [0.4, 0.5) is 0 Å². The number of nitrogens with zero attached hydrogens (tertiary/aromatic N) is 2. The van der Waals surface area contributed by atoms with Gasteiger partial charge in [-0.1, -0.05) is 12.1 Å². The molecule has 0 atom stereocenters. The highest BCUT2D eigenvalue weighted by molar-refractivity contribution is 5.85. The van der Waals surface area contributed by atoms with Crippen LogP contribution in [0.3, 0.4) is 0 Å². The lowest BCUT2D eigenvalue weighted by molar-refractivity contribution is -0.660. The summed E-state index contributed by atoms with van der Waals surface area (Å²) in [6, 6.07) is 11.3. The molecule has 2 heteroatoms. The van der Waals surface area contributed by atoms with Crippen molar-refractivity contribution in [1.29, 1.82) is 0 Å². The van der Waals surface area contributed by atoms with E-state index in [1.165, 1.54) is 56.8 Å². The van der Waals surface area contributed by atoms with Crippen molar-refractivity contribution < 1.29 is 5.94 Å². The van der Waals surface area contributed by atoms with Crippen LogP contribution in [0.1, 0.15) is 67.3 Å². The third kappa shape index (κ3) is 2.68. The van der Waals surface area contributed by atoms with Crippen LogP contribution in [0.15, 0.2) is 42.7 Å². The van der Waals surface area contributed by atoms with Crippen LogP contribution in [0, 0.1) is 12.8 Å². The van der Waals surface area contributed by atoms with Crippen LogP contribution in [-0.2, 0) is 19.9 Å². The van der Waals surface area contributed by atoms with E-state index in [0.717, 1.165) is 44.4 Å². The summed E-state index contributed by atoms with van der Waals surface area (Å²) in [5.41, 5.74) is 12.0. The average molecular weight is 383 g/mol. The Labute approximate surface area is 175 Å². The largest absolute Gasteiger partial charge is 0.261 e. The van der Waals surface area contributed by atoms with Crippen molar-refractivity contribution >= 4 is 0 Å². The lowest BCUT2D eigenvalue weighted by atomic mass is 9.76. The summed E-state index contributed by atoms with van der Waals surface area (Å²) in [4.78, 5) is 4.84. The molecule has 2 heterocycles. The number of pyridine rings is 2. The molecule has 29 heavy (non-hydrogen) atoms. The molecule has 0 N–H and O–H groups in total. The van der Waals surface area contributed by atoms with Gasteiger partial charge in [-0.25, -0.2) is 4.57 Å². The van der Waals surface area contributed by atoms with Crippen molar-refractivity contribution in [3.8, 4) is 22.4 Å². The van der Waals surface area contributed by atoms with Gasteiger partial charge in [-0.3, -0.25) is 4.98 Å². The first-order valence-electron chi connectivity index (χ1n) is 11.6. The number of fused-ring (bicyclic) bond motifs is 4. The lowest BCUT2D eigenvalue weighted by Crippen LogP contribution is -2.31. The molecule has 0 amide bonds. The summed E-state index contributed by atoms with van der Waals surface area (Å²) in [5, 5.41) is 0. The standard InChI is InChI=1S/C27H29N2/c1-17-3-9-21-22-11-13-28-25-10-6-18-4-7-19(8-5-18)20-12-14-29(2)26(15-20)27(17)24(21)16-23(22)25/h3,9,11-15,18-19H,4-8,10,16H2,1-2H3/q+1/i19D. The molecule has 0 spiro atoms.